The van der Waals surface area contributed by atoms with Gasteiger partial charge in [0.1, 0.15) is 5.75 Å². The summed E-state index contributed by atoms with van der Waals surface area (Å²) in [5.74, 6) is 0.349. The highest BCUT2D eigenvalue weighted by molar-refractivity contribution is 7.17. The molecular weight excluding hydrogens is 550 g/mol. The average Bonchev–Trinajstić information content (AvgIpc) is 3.44. The van der Waals surface area contributed by atoms with Gasteiger partial charge in [0.15, 0.2) is 5.13 Å². The summed E-state index contributed by atoms with van der Waals surface area (Å²) in [6, 6.07) is 13.5. The minimum absolute atomic E-state index is 0.127. The van der Waals surface area contributed by atoms with Crippen LogP contribution in [0, 0.1) is 0 Å². The summed E-state index contributed by atoms with van der Waals surface area (Å²) in [6.07, 6.45) is 6.59. The maximum Gasteiger partial charge on any atom is 0.319 e. The highest BCUT2D eigenvalue weighted by Crippen LogP contribution is 2.34. The summed E-state index contributed by atoms with van der Waals surface area (Å²) in [5.41, 5.74) is 4.44. The number of nitrogens with one attached hydrogen (secondary N) is 3. The van der Waals surface area contributed by atoms with Crippen LogP contribution < -0.4 is 20.7 Å². The highest BCUT2D eigenvalue weighted by Gasteiger charge is 2.17. The second kappa shape index (κ2) is 14.9. The Kier molecular flexibility index (Phi) is 11.1. The van der Waals surface area contributed by atoms with E-state index in [9.17, 15) is 9.59 Å². The number of rotatable bonds is 12. The van der Waals surface area contributed by atoms with Gasteiger partial charge in [-0.15, -0.1) is 0 Å². The van der Waals surface area contributed by atoms with E-state index in [2.05, 4.69) is 45.8 Å². The molecule has 10 heteroatoms. The van der Waals surface area contributed by atoms with Crippen molar-refractivity contribution in [3.05, 3.63) is 71.4 Å². The summed E-state index contributed by atoms with van der Waals surface area (Å²) in [5, 5.41) is 9.66. The zero-order valence-corrected chi connectivity index (χ0v) is 25.8. The molecule has 0 saturated heterocycles. The van der Waals surface area contributed by atoms with E-state index in [-0.39, 0.29) is 18.0 Å². The lowest BCUT2D eigenvalue weighted by atomic mass is 9.98. The lowest BCUT2D eigenvalue weighted by molar-refractivity contribution is 0.102. The number of carbonyl (C=O) groups excluding carboxylic acids is 2. The third-order valence-electron chi connectivity index (χ3n) is 7.34. The number of aromatic nitrogens is 1. The number of ether oxygens (including phenoxy) is 2. The van der Waals surface area contributed by atoms with Crippen LogP contribution in [0.3, 0.4) is 0 Å². The Labute approximate surface area is 252 Å². The smallest absolute Gasteiger partial charge is 0.319 e. The van der Waals surface area contributed by atoms with E-state index in [1.165, 1.54) is 16.9 Å². The Bertz CT molecular complexity index is 1380. The van der Waals surface area contributed by atoms with Gasteiger partial charge in [-0.2, -0.15) is 0 Å². The van der Waals surface area contributed by atoms with Crippen LogP contribution in [0.15, 0.2) is 54.7 Å². The van der Waals surface area contributed by atoms with Gasteiger partial charge < -0.3 is 20.1 Å². The van der Waals surface area contributed by atoms with Gasteiger partial charge in [-0.1, -0.05) is 43.4 Å². The number of methoxy groups -OCH3 is 1. The molecule has 0 unspecified atom stereocenters. The van der Waals surface area contributed by atoms with Crippen molar-refractivity contribution in [1.29, 1.82) is 0 Å². The first-order valence-electron chi connectivity index (χ1n) is 14.5. The second-order valence-corrected chi connectivity index (χ2v) is 11.5. The fourth-order valence-electron chi connectivity index (χ4n) is 4.76. The van der Waals surface area contributed by atoms with Gasteiger partial charge in [0.05, 0.1) is 12.8 Å². The molecule has 2 heterocycles. The number of thiazole rings is 1. The highest BCUT2D eigenvalue weighted by atomic mass is 32.1. The van der Waals surface area contributed by atoms with Crippen molar-refractivity contribution in [3.8, 4) is 10.8 Å². The molecule has 0 bridgehead atoms. The van der Waals surface area contributed by atoms with Crippen molar-refractivity contribution < 1.29 is 19.1 Å². The Balaban J connectivity index is 1.36. The molecule has 42 heavy (non-hydrogen) atoms. The molecule has 0 saturated carbocycles. The van der Waals surface area contributed by atoms with Crippen molar-refractivity contribution in [3.63, 3.8) is 0 Å². The molecule has 1 aliphatic heterocycles. The SMILES string of the molecule is CCC(CC)NC(=O)Nc1ccc(Oc2cnc(NC(=O)c3ccc(C4=CCN(C(C)C)CC4)cc3)s2)c(COC)c1. The van der Waals surface area contributed by atoms with Crippen molar-refractivity contribution in [2.75, 3.05) is 30.8 Å². The van der Waals surface area contributed by atoms with E-state index in [4.69, 9.17) is 9.47 Å². The van der Waals surface area contributed by atoms with Crippen molar-refractivity contribution >= 4 is 39.7 Å². The molecule has 0 spiro atoms. The number of carbonyl (C=O) groups is 2. The molecule has 0 atom stereocenters. The van der Waals surface area contributed by atoms with Crippen molar-refractivity contribution in [2.24, 2.45) is 0 Å². The molecule has 2 aromatic carbocycles. The molecule has 0 radical (unpaired) electrons. The van der Waals surface area contributed by atoms with Gasteiger partial charge in [-0.25, -0.2) is 9.78 Å². The van der Waals surface area contributed by atoms with E-state index in [1.54, 1.807) is 25.4 Å². The number of hydrogen-bond donors (Lipinski definition) is 3. The normalized spacial score (nSPS) is 13.6. The molecule has 3 N–H and O–H groups in total. The zero-order chi connectivity index (χ0) is 30.1. The predicted octanol–water partition coefficient (Wildman–Crippen LogP) is 7.14. The van der Waals surface area contributed by atoms with Crippen LogP contribution >= 0.6 is 11.3 Å². The van der Waals surface area contributed by atoms with Crippen molar-refractivity contribution in [2.45, 2.75) is 65.6 Å². The topological polar surface area (TPSA) is 105 Å². The molecule has 4 rings (SSSR count). The molecule has 9 nitrogen and oxygen atoms in total. The fraction of sp³-hybridized carbons (Fsp3) is 0.406. The third-order valence-corrected chi connectivity index (χ3v) is 8.13. The van der Waals surface area contributed by atoms with E-state index in [1.807, 2.05) is 44.2 Å². The minimum atomic E-state index is -0.248. The number of anilines is 2. The van der Waals surface area contributed by atoms with Gasteiger partial charge >= 0.3 is 6.03 Å². The summed E-state index contributed by atoms with van der Waals surface area (Å²) in [7, 11) is 1.60. The molecule has 0 aliphatic carbocycles. The maximum absolute atomic E-state index is 12.9. The molecule has 1 aliphatic rings. The first kappa shape index (κ1) is 31.2. The largest absolute Gasteiger partial charge is 0.445 e. The first-order chi connectivity index (χ1) is 20.3. The van der Waals surface area contributed by atoms with E-state index >= 15 is 0 Å². The van der Waals surface area contributed by atoms with Gasteiger partial charge in [0.2, 0.25) is 5.06 Å². The average molecular weight is 592 g/mol. The standard InChI is InChI=1S/C32H41N5O4S/c1-6-26(7-2)34-31(39)35-27-12-13-28(25(18-27)20-40-5)41-29-19-33-32(42-29)36-30(38)24-10-8-22(9-11-24)23-14-16-37(17-15-23)21(3)4/h8-14,18-19,21,26H,6-7,15-17,20H2,1-5H3,(H,33,36,38)(H2,34,35,39). The molecule has 3 aromatic rings. The lowest BCUT2D eigenvalue weighted by Gasteiger charge is -2.29. The fourth-order valence-corrected chi connectivity index (χ4v) is 5.44. The Morgan fingerprint density at radius 1 is 1.07 bits per heavy atom. The van der Waals surface area contributed by atoms with Crippen LogP contribution in [0.4, 0.5) is 15.6 Å². The summed E-state index contributed by atoms with van der Waals surface area (Å²) >= 11 is 1.23. The lowest BCUT2D eigenvalue weighted by Crippen LogP contribution is -2.37. The summed E-state index contributed by atoms with van der Waals surface area (Å²) < 4.78 is 11.4. The molecular formula is C32H41N5O4S. The van der Waals surface area contributed by atoms with E-state index in [0.29, 0.717) is 39.8 Å². The van der Waals surface area contributed by atoms with Gasteiger partial charge in [-0.3, -0.25) is 15.0 Å². The number of amides is 3. The van der Waals surface area contributed by atoms with Crippen LogP contribution in [0.2, 0.25) is 0 Å². The first-order valence-corrected chi connectivity index (χ1v) is 15.3. The molecule has 3 amide bonds. The van der Waals surface area contributed by atoms with Crippen LogP contribution in [-0.4, -0.2) is 54.1 Å². The molecule has 224 valence electrons. The summed E-state index contributed by atoms with van der Waals surface area (Å²) in [4.78, 5) is 32.0. The number of benzene rings is 2. The van der Waals surface area contributed by atoms with Gasteiger partial charge in [0, 0.05) is 49.1 Å². The maximum atomic E-state index is 12.9. The number of urea groups is 1. The Morgan fingerprint density at radius 3 is 2.48 bits per heavy atom. The van der Waals surface area contributed by atoms with E-state index < -0.39 is 0 Å². The van der Waals surface area contributed by atoms with Crippen LogP contribution in [0.1, 0.15) is 68.4 Å². The van der Waals surface area contributed by atoms with Crippen molar-refractivity contribution in [1.82, 2.24) is 15.2 Å². The van der Waals surface area contributed by atoms with Crippen LogP contribution in [0.25, 0.3) is 5.57 Å². The van der Waals surface area contributed by atoms with Crippen LogP contribution in [-0.2, 0) is 11.3 Å². The number of hydrogen-bond acceptors (Lipinski definition) is 7. The van der Waals surface area contributed by atoms with E-state index in [0.717, 1.165) is 43.5 Å². The Morgan fingerprint density at radius 2 is 1.83 bits per heavy atom. The van der Waals surface area contributed by atoms with Gasteiger partial charge in [0.25, 0.3) is 5.91 Å². The predicted molar refractivity (Wildman–Crippen MR) is 170 cm³/mol. The molecule has 0 fully saturated rings. The monoisotopic (exact) mass is 591 g/mol. The van der Waals surface area contributed by atoms with Crippen LogP contribution in [0.5, 0.6) is 10.8 Å². The zero-order valence-electron chi connectivity index (χ0n) is 25.0. The minimum Gasteiger partial charge on any atom is -0.445 e. The van der Waals surface area contributed by atoms with Gasteiger partial charge in [-0.05, 0) is 74.6 Å². The number of nitrogens with zero attached hydrogens (tertiary/aromatic N) is 2. The Hall–Kier alpha value is -3.73. The summed E-state index contributed by atoms with van der Waals surface area (Å²) in [6.45, 7) is 10.8. The molecule has 1 aromatic heterocycles. The quantitative estimate of drug-likeness (QED) is 0.207. The second-order valence-electron chi connectivity index (χ2n) is 10.6. The third kappa shape index (κ3) is 8.40.